The van der Waals surface area contributed by atoms with Gasteiger partial charge in [0, 0.05) is 13.1 Å². The number of hydrogen-bond donors (Lipinski definition) is 1. The molecule has 0 aliphatic rings. The van der Waals surface area contributed by atoms with Crippen LogP contribution in [0.15, 0.2) is 4.73 Å². The van der Waals surface area contributed by atoms with Gasteiger partial charge in [0.25, 0.3) is 0 Å². The molecule has 5 nitrogen and oxygen atoms in total. The topological polar surface area (TPSA) is 57.7 Å². The van der Waals surface area contributed by atoms with Gasteiger partial charge >= 0.3 is 6.18 Å². The second kappa shape index (κ2) is 4.95. The van der Waals surface area contributed by atoms with Crippen molar-refractivity contribution in [1.29, 1.82) is 0 Å². The molecular formula is C10H11BrF3N5. The first-order valence-corrected chi connectivity index (χ1v) is 6.41. The minimum absolute atomic E-state index is 0.00361. The summed E-state index contributed by atoms with van der Waals surface area (Å²) >= 11 is 3.09. The van der Waals surface area contributed by atoms with Crippen LogP contribution in [0.3, 0.4) is 0 Å². The third-order valence-electron chi connectivity index (χ3n) is 2.62. The normalized spacial score (nSPS) is 12.1. The second-order valence-corrected chi connectivity index (χ2v) is 4.52. The molecule has 0 saturated heterocycles. The predicted octanol–water partition coefficient (Wildman–Crippen LogP) is 2.98. The van der Waals surface area contributed by atoms with Gasteiger partial charge in [-0.3, -0.25) is 0 Å². The van der Waals surface area contributed by atoms with Crippen LogP contribution in [0.1, 0.15) is 19.7 Å². The van der Waals surface area contributed by atoms with E-state index in [0.717, 1.165) is 0 Å². The van der Waals surface area contributed by atoms with Crippen molar-refractivity contribution in [2.45, 2.75) is 20.0 Å². The van der Waals surface area contributed by atoms with Gasteiger partial charge in [-0.1, -0.05) is 0 Å². The van der Waals surface area contributed by atoms with Crippen LogP contribution in [0.2, 0.25) is 0 Å². The molecule has 19 heavy (non-hydrogen) atoms. The van der Waals surface area contributed by atoms with Crippen molar-refractivity contribution in [2.24, 2.45) is 0 Å². The summed E-state index contributed by atoms with van der Waals surface area (Å²) in [6, 6.07) is 0. The quantitative estimate of drug-likeness (QED) is 0.875. The molecule has 0 aromatic carbocycles. The molecular weight excluding hydrogens is 327 g/mol. The fourth-order valence-corrected chi connectivity index (χ4v) is 2.10. The summed E-state index contributed by atoms with van der Waals surface area (Å²) in [5.74, 6) is -0.971. The molecule has 9 heteroatoms. The van der Waals surface area contributed by atoms with E-state index in [1.54, 1.807) is 4.90 Å². The molecule has 0 saturated carbocycles. The molecule has 0 spiro atoms. The Bertz CT molecular complexity index is 591. The van der Waals surface area contributed by atoms with Crippen LogP contribution in [-0.4, -0.2) is 33.0 Å². The monoisotopic (exact) mass is 337 g/mol. The lowest BCUT2D eigenvalue weighted by Crippen LogP contribution is -2.25. The zero-order valence-electron chi connectivity index (χ0n) is 10.2. The lowest BCUT2D eigenvalue weighted by Gasteiger charge is -2.20. The molecule has 0 amide bonds. The fourth-order valence-electron chi connectivity index (χ4n) is 1.73. The smallest absolute Gasteiger partial charge is 0.355 e. The van der Waals surface area contributed by atoms with Crippen molar-refractivity contribution in [1.82, 2.24) is 19.9 Å². The standard InChI is InChI=1S/C10H11BrF3N5/c1-3-19(4-2)7-5-6(17-9(11)15-5)16-8(18-7)10(12,13)14/h3-4H2,1-2H3,(H,15,16,17,18). The zero-order valence-corrected chi connectivity index (χ0v) is 11.8. The molecule has 0 bridgehead atoms. The number of hydrogen-bond acceptors (Lipinski definition) is 4. The molecule has 0 fully saturated rings. The molecule has 2 heterocycles. The van der Waals surface area contributed by atoms with E-state index in [2.05, 4.69) is 35.9 Å². The predicted molar refractivity (Wildman–Crippen MR) is 67.9 cm³/mol. The van der Waals surface area contributed by atoms with Gasteiger partial charge in [0.15, 0.2) is 16.2 Å². The Kier molecular flexibility index (Phi) is 3.66. The molecule has 0 aliphatic heterocycles. The van der Waals surface area contributed by atoms with E-state index < -0.39 is 12.0 Å². The van der Waals surface area contributed by atoms with E-state index in [9.17, 15) is 13.2 Å². The third kappa shape index (κ3) is 2.65. The van der Waals surface area contributed by atoms with Gasteiger partial charge < -0.3 is 9.88 Å². The summed E-state index contributed by atoms with van der Waals surface area (Å²) in [7, 11) is 0. The van der Waals surface area contributed by atoms with E-state index in [1.165, 1.54) is 0 Å². The molecule has 0 radical (unpaired) electrons. The number of imidazole rings is 1. The van der Waals surface area contributed by atoms with Gasteiger partial charge in [0.05, 0.1) is 0 Å². The minimum atomic E-state index is -4.60. The van der Waals surface area contributed by atoms with E-state index in [-0.39, 0.29) is 11.5 Å². The van der Waals surface area contributed by atoms with Gasteiger partial charge in [-0.05, 0) is 29.8 Å². The number of nitrogens with zero attached hydrogens (tertiary/aromatic N) is 4. The lowest BCUT2D eigenvalue weighted by molar-refractivity contribution is -0.144. The molecule has 2 aromatic heterocycles. The minimum Gasteiger partial charge on any atom is -0.355 e. The van der Waals surface area contributed by atoms with E-state index in [1.807, 2.05) is 13.8 Å². The number of alkyl halides is 3. The summed E-state index contributed by atoms with van der Waals surface area (Å²) in [6.45, 7) is 4.76. The Balaban J connectivity index is 2.71. The molecule has 0 atom stereocenters. The Morgan fingerprint density at radius 3 is 2.32 bits per heavy atom. The van der Waals surface area contributed by atoms with Crippen LogP contribution in [0.25, 0.3) is 11.2 Å². The van der Waals surface area contributed by atoms with E-state index in [4.69, 9.17) is 0 Å². The number of aromatic nitrogens is 4. The number of rotatable bonds is 3. The van der Waals surface area contributed by atoms with Gasteiger partial charge in [-0.15, -0.1) is 0 Å². The Morgan fingerprint density at radius 1 is 1.16 bits per heavy atom. The van der Waals surface area contributed by atoms with Gasteiger partial charge in [0.2, 0.25) is 5.82 Å². The first-order valence-electron chi connectivity index (χ1n) is 5.62. The summed E-state index contributed by atoms with van der Waals surface area (Å²) < 4.78 is 38.7. The van der Waals surface area contributed by atoms with Gasteiger partial charge in [-0.2, -0.15) is 13.2 Å². The van der Waals surface area contributed by atoms with Gasteiger partial charge in [-0.25, -0.2) is 15.0 Å². The summed E-state index contributed by atoms with van der Waals surface area (Å²) in [5.41, 5.74) is 0.389. The van der Waals surface area contributed by atoms with Crippen LogP contribution in [0.5, 0.6) is 0 Å². The Morgan fingerprint density at radius 2 is 1.79 bits per heavy atom. The molecule has 1 N–H and O–H groups in total. The SMILES string of the molecule is CCN(CC)c1nc(C(F)(F)F)nc2nc(Br)[nH]c12. The van der Waals surface area contributed by atoms with Gasteiger partial charge in [0.1, 0.15) is 5.52 Å². The number of aromatic amines is 1. The maximum atomic E-state index is 12.8. The number of halogens is 4. The lowest BCUT2D eigenvalue weighted by atomic mass is 10.4. The number of H-pyrrole nitrogens is 1. The fraction of sp³-hybridized carbons (Fsp3) is 0.500. The molecule has 0 aliphatic carbocycles. The van der Waals surface area contributed by atoms with Crippen molar-refractivity contribution in [3.05, 3.63) is 10.6 Å². The van der Waals surface area contributed by atoms with Crippen molar-refractivity contribution in [3.8, 4) is 0 Å². The maximum absolute atomic E-state index is 12.8. The van der Waals surface area contributed by atoms with Crippen molar-refractivity contribution in [2.75, 3.05) is 18.0 Å². The average molecular weight is 338 g/mol. The second-order valence-electron chi connectivity index (χ2n) is 3.77. The maximum Gasteiger partial charge on any atom is 0.451 e. The van der Waals surface area contributed by atoms with Crippen LogP contribution in [0.4, 0.5) is 19.0 Å². The highest BCUT2D eigenvalue weighted by Gasteiger charge is 2.36. The third-order valence-corrected chi connectivity index (χ3v) is 3.00. The molecule has 2 rings (SSSR count). The first-order chi connectivity index (χ1) is 8.86. The van der Waals surface area contributed by atoms with Crippen LogP contribution < -0.4 is 4.90 Å². The Labute approximate surface area is 115 Å². The van der Waals surface area contributed by atoms with Crippen LogP contribution >= 0.6 is 15.9 Å². The zero-order chi connectivity index (χ0) is 14.2. The first kappa shape index (κ1) is 14.0. The van der Waals surface area contributed by atoms with E-state index in [0.29, 0.717) is 23.3 Å². The molecule has 2 aromatic rings. The largest absolute Gasteiger partial charge is 0.451 e. The number of anilines is 1. The summed E-state index contributed by atoms with van der Waals surface area (Å²) in [5, 5.41) is 0. The molecule has 0 unspecified atom stereocenters. The average Bonchev–Trinajstić information content (AvgIpc) is 2.69. The summed E-state index contributed by atoms with van der Waals surface area (Å²) in [4.78, 5) is 15.5. The van der Waals surface area contributed by atoms with Crippen LogP contribution in [0, 0.1) is 0 Å². The highest BCUT2D eigenvalue weighted by molar-refractivity contribution is 9.10. The number of fused-ring (bicyclic) bond motifs is 1. The summed E-state index contributed by atoms with van der Waals surface area (Å²) in [6.07, 6.45) is -4.60. The van der Waals surface area contributed by atoms with Crippen LogP contribution in [-0.2, 0) is 6.18 Å². The van der Waals surface area contributed by atoms with Crippen molar-refractivity contribution >= 4 is 32.9 Å². The van der Waals surface area contributed by atoms with Crippen molar-refractivity contribution < 1.29 is 13.2 Å². The highest BCUT2D eigenvalue weighted by Crippen LogP contribution is 2.31. The van der Waals surface area contributed by atoms with Crippen molar-refractivity contribution in [3.63, 3.8) is 0 Å². The molecule has 104 valence electrons. The Hall–Kier alpha value is -1.38. The number of nitrogens with one attached hydrogen (secondary N) is 1. The van der Waals surface area contributed by atoms with E-state index >= 15 is 0 Å². The highest BCUT2D eigenvalue weighted by atomic mass is 79.9.